The first-order chi connectivity index (χ1) is 12.4. The maximum absolute atomic E-state index is 12.4. The summed E-state index contributed by atoms with van der Waals surface area (Å²) in [6.45, 7) is 2.49. The van der Waals surface area contributed by atoms with Gasteiger partial charge in [-0.1, -0.05) is 18.2 Å². The van der Waals surface area contributed by atoms with Gasteiger partial charge in [-0.3, -0.25) is 0 Å². The molecule has 1 aromatic rings. The Kier molecular flexibility index (Phi) is 4.75. The van der Waals surface area contributed by atoms with Crippen molar-refractivity contribution in [1.29, 1.82) is 0 Å². The first kappa shape index (κ1) is 18.2. The molecule has 1 aromatic carbocycles. The fourth-order valence-electron chi connectivity index (χ4n) is 3.40. The number of anilines is 1. The van der Waals surface area contributed by atoms with Gasteiger partial charge in [0.05, 0.1) is 10.5 Å². The zero-order valence-corrected chi connectivity index (χ0v) is 16.3. The van der Waals surface area contributed by atoms with Crippen LogP contribution in [0, 0.1) is 0 Å². The average Bonchev–Trinajstić information content (AvgIpc) is 3.51. The summed E-state index contributed by atoms with van der Waals surface area (Å²) in [4.78, 5) is 2.15. The van der Waals surface area contributed by atoms with Crippen LogP contribution >= 0.6 is 0 Å². The Labute approximate surface area is 155 Å². The molecule has 3 aliphatic rings. The Balaban J connectivity index is 1.42. The summed E-state index contributed by atoms with van der Waals surface area (Å²) in [7, 11) is -6.34. The predicted octanol–water partition coefficient (Wildman–Crippen LogP) is 0.883. The fraction of sp³-hybridized carbons (Fsp3) is 0.647. The van der Waals surface area contributed by atoms with Gasteiger partial charge in [-0.25, -0.2) is 21.6 Å². The third kappa shape index (κ3) is 3.76. The van der Waals surface area contributed by atoms with Gasteiger partial charge in [0.2, 0.25) is 20.0 Å². The maximum Gasteiger partial charge on any atom is 0.217 e. The van der Waals surface area contributed by atoms with E-state index < -0.39 is 20.0 Å². The largest absolute Gasteiger partial charge is 0.369 e. The van der Waals surface area contributed by atoms with Crippen LogP contribution in [0.25, 0.3) is 0 Å². The molecule has 2 saturated carbocycles. The number of hydrogen-bond acceptors (Lipinski definition) is 5. The van der Waals surface area contributed by atoms with Gasteiger partial charge in [0.25, 0.3) is 0 Å². The van der Waals surface area contributed by atoms with Crippen LogP contribution in [0.2, 0.25) is 0 Å². The van der Waals surface area contributed by atoms with Gasteiger partial charge in [0.1, 0.15) is 0 Å². The second-order valence-corrected chi connectivity index (χ2v) is 11.6. The molecule has 26 heavy (non-hydrogen) atoms. The summed E-state index contributed by atoms with van der Waals surface area (Å²) >= 11 is 0. The Morgan fingerprint density at radius 1 is 0.885 bits per heavy atom. The molecule has 1 saturated heterocycles. The highest BCUT2D eigenvalue weighted by atomic mass is 32.2. The SMILES string of the molecule is O=S(=O)(NCc1ccccc1N1CCN(S(=O)(=O)C2CC2)CC1)C1CC1. The van der Waals surface area contributed by atoms with E-state index in [1.54, 1.807) is 4.31 Å². The number of benzene rings is 1. The highest BCUT2D eigenvalue weighted by molar-refractivity contribution is 7.90. The van der Waals surface area contributed by atoms with Crippen molar-refractivity contribution < 1.29 is 16.8 Å². The normalized spacial score (nSPS) is 22.5. The lowest BCUT2D eigenvalue weighted by molar-refractivity contribution is 0.384. The summed E-state index contributed by atoms with van der Waals surface area (Å²) < 4.78 is 53.2. The quantitative estimate of drug-likeness (QED) is 0.736. The van der Waals surface area contributed by atoms with Crippen LogP contribution in [0.3, 0.4) is 0 Å². The fourth-order valence-corrected chi connectivity index (χ4v) is 6.58. The molecule has 3 fully saturated rings. The van der Waals surface area contributed by atoms with Gasteiger partial charge in [-0.15, -0.1) is 0 Å². The molecule has 1 aliphatic heterocycles. The Morgan fingerprint density at radius 3 is 2.12 bits per heavy atom. The molecular formula is C17H25N3O4S2. The molecule has 2 aliphatic carbocycles. The van der Waals surface area contributed by atoms with E-state index in [1.807, 2.05) is 24.3 Å². The molecule has 0 aromatic heterocycles. The van der Waals surface area contributed by atoms with Crippen LogP contribution in [0.15, 0.2) is 24.3 Å². The van der Waals surface area contributed by atoms with E-state index in [0.717, 1.165) is 36.9 Å². The average molecular weight is 400 g/mol. The Morgan fingerprint density at radius 2 is 1.50 bits per heavy atom. The minimum absolute atomic E-state index is 0.168. The highest BCUT2D eigenvalue weighted by Gasteiger charge is 2.41. The van der Waals surface area contributed by atoms with Crippen LogP contribution < -0.4 is 9.62 Å². The summed E-state index contributed by atoms with van der Waals surface area (Å²) in [6, 6.07) is 7.74. The molecule has 4 rings (SSSR count). The molecule has 0 atom stereocenters. The monoisotopic (exact) mass is 399 g/mol. The van der Waals surface area contributed by atoms with Gasteiger partial charge in [-0.2, -0.15) is 4.31 Å². The van der Waals surface area contributed by atoms with Crippen molar-refractivity contribution >= 4 is 25.7 Å². The molecule has 0 spiro atoms. The van der Waals surface area contributed by atoms with Gasteiger partial charge < -0.3 is 4.90 Å². The van der Waals surface area contributed by atoms with Crippen molar-refractivity contribution in [2.24, 2.45) is 0 Å². The maximum atomic E-state index is 12.4. The van der Waals surface area contributed by atoms with Crippen LogP contribution in [-0.4, -0.2) is 57.8 Å². The minimum atomic E-state index is -3.22. The van der Waals surface area contributed by atoms with Crippen molar-refractivity contribution in [3.8, 4) is 0 Å². The highest BCUT2D eigenvalue weighted by Crippen LogP contribution is 2.32. The standard InChI is InChI=1S/C17H25N3O4S2/c21-25(22,15-5-6-15)18-13-14-3-1-2-4-17(14)19-9-11-20(12-10-19)26(23,24)16-7-8-16/h1-4,15-16,18H,5-13H2. The molecule has 1 heterocycles. The third-order valence-corrected chi connectivity index (χ3v) is 9.60. The lowest BCUT2D eigenvalue weighted by Gasteiger charge is -2.36. The van der Waals surface area contributed by atoms with Gasteiger partial charge in [0, 0.05) is 38.4 Å². The second kappa shape index (κ2) is 6.78. The zero-order chi connectivity index (χ0) is 18.4. The lowest BCUT2D eigenvalue weighted by atomic mass is 10.1. The van der Waals surface area contributed by atoms with Gasteiger partial charge >= 0.3 is 0 Å². The van der Waals surface area contributed by atoms with Gasteiger partial charge in [0.15, 0.2) is 0 Å². The zero-order valence-electron chi connectivity index (χ0n) is 14.7. The number of sulfonamides is 2. The molecular weight excluding hydrogens is 374 g/mol. The van der Waals surface area contributed by atoms with Crippen molar-refractivity contribution in [2.75, 3.05) is 31.1 Å². The topological polar surface area (TPSA) is 86.8 Å². The first-order valence-corrected chi connectivity index (χ1v) is 12.2. The summed E-state index contributed by atoms with van der Waals surface area (Å²) in [5.74, 6) is 0. The molecule has 0 unspecified atom stereocenters. The van der Waals surface area contributed by atoms with E-state index in [-0.39, 0.29) is 17.0 Å². The van der Waals surface area contributed by atoms with E-state index in [0.29, 0.717) is 26.2 Å². The minimum Gasteiger partial charge on any atom is -0.369 e. The molecule has 144 valence electrons. The molecule has 0 amide bonds. The number of nitrogens with zero attached hydrogens (tertiary/aromatic N) is 2. The van der Waals surface area contributed by atoms with Crippen LogP contribution in [-0.2, 0) is 26.6 Å². The van der Waals surface area contributed by atoms with E-state index in [4.69, 9.17) is 0 Å². The summed E-state index contributed by atoms with van der Waals surface area (Å²) in [6.07, 6.45) is 3.06. The molecule has 1 N–H and O–H groups in total. The smallest absolute Gasteiger partial charge is 0.217 e. The number of piperazine rings is 1. The number of rotatable bonds is 7. The van der Waals surface area contributed by atoms with E-state index in [9.17, 15) is 16.8 Å². The Hall–Kier alpha value is -1.16. The molecule has 0 bridgehead atoms. The van der Waals surface area contributed by atoms with Crippen molar-refractivity contribution in [2.45, 2.75) is 42.7 Å². The van der Waals surface area contributed by atoms with E-state index >= 15 is 0 Å². The number of nitrogens with one attached hydrogen (secondary N) is 1. The number of hydrogen-bond donors (Lipinski definition) is 1. The molecule has 9 heteroatoms. The van der Waals surface area contributed by atoms with Crippen LogP contribution in [0.4, 0.5) is 5.69 Å². The molecule has 0 radical (unpaired) electrons. The van der Waals surface area contributed by atoms with Gasteiger partial charge in [-0.05, 0) is 37.3 Å². The van der Waals surface area contributed by atoms with Crippen molar-refractivity contribution in [1.82, 2.24) is 9.03 Å². The lowest BCUT2D eigenvalue weighted by Crippen LogP contribution is -2.49. The third-order valence-electron chi connectivity index (χ3n) is 5.30. The summed E-state index contributed by atoms with van der Waals surface area (Å²) in [5.41, 5.74) is 1.91. The van der Waals surface area contributed by atoms with E-state index in [1.165, 1.54) is 0 Å². The van der Waals surface area contributed by atoms with Crippen molar-refractivity contribution in [3.05, 3.63) is 29.8 Å². The van der Waals surface area contributed by atoms with E-state index in [2.05, 4.69) is 9.62 Å². The molecule has 7 nitrogen and oxygen atoms in total. The van der Waals surface area contributed by atoms with Crippen LogP contribution in [0.1, 0.15) is 31.2 Å². The first-order valence-electron chi connectivity index (χ1n) is 9.18. The predicted molar refractivity (Wildman–Crippen MR) is 101 cm³/mol. The van der Waals surface area contributed by atoms with Crippen molar-refractivity contribution in [3.63, 3.8) is 0 Å². The summed E-state index contributed by atoms with van der Waals surface area (Å²) in [5, 5.41) is -0.399. The Bertz CT molecular complexity index is 869. The van der Waals surface area contributed by atoms with Crippen LogP contribution in [0.5, 0.6) is 0 Å². The second-order valence-electron chi connectivity index (χ2n) is 7.32. The number of para-hydroxylation sites is 1.